The Bertz CT molecular complexity index is 745. The first-order valence-corrected chi connectivity index (χ1v) is 9.46. The second kappa shape index (κ2) is 8.39. The summed E-state index contributed by atoms with van der Waals surface area (Å²) in [6, 6.07) is 0. The molecule has 2 aromatic heterocycles. The van der Waals surface area contributed by atoms with Crippen LogP contribution in [0.25, 0.3) is 0 Å². The fourth-order valence-corrected chi connectivity index (χ4v) is 3.43. The van der Waals surface area contributed by atoms with Crippen LogP contribution in [0.4, 0.5) is 22.5 Å². The zero-order valence-corrected chi connectivity index (χ0v) is 16.9. The number of anilines is 3. The molecule has 0 aliphatic carbocycles. The van der Waals surface area contributed by atoms with Gasteiger partial charge in [0, 0.05) is 18.0 Å². The highest BCUT2D eigenvalue weighted by Crippen LogP contribution is 2.35. The number of aryl methyl sites for hydroxylation is 2. The van der Waals surface area contributed by atoms with E-state index in [1.807, 2.05) is 18.7 Å². The molecule has 0 radical (unpaired) electrons. The van der Waals surface area contributed by atoms with E-state index >= 15 is 0 Å². The molecule has 9 heteroatoms. The van der Waals surface area contributed by atoms with E-state index in [-0.39, 0.29) is 11.5 Å². The van der Waals surface area contributed by atoms with Gasteiger partial charge in [-0.3, -0.25) is 10.1 Å². The average molecular weight is 379 g/mol. The molecule has 1 N–H and O–H groups in total. The molecule has 2 rings (SSSR count). The summed E-state index contributed by atoms with van der Waals surface area (Å²) in [6.07, 6.45) is 1.37. The maximum Gasteiger partial charge on any atom is 0.353 e. The predicted molar refractivity (Wildman–Crippen MR) is 105 cm³/mol. The van der Waals surface area contributed by atoms with Gasteiger partial charge in [0.05, 0.1) is 10.6 Å². The van der Waals surface area contributed by atoms with Gasteiger partial charge >= 0.3 is 5.69 Å². The Morgan fingerprint density at radius 3 is 2.27 bits per heavy atom. The van der Waals surface area contributed by atoms with Gasteiger partial charge in [0.2, 0.25) is 11.6 Å². The first-order valence-electron chi connectivity index (χ1n) is 8.64. The summed E-state index contributed by atoms with van der Waals surface area (Å²) < 4.78 is 0. The van der Waals surface area contributed by atoms with E-state index in [2.05, 4.69) is 48.0 Å². The molecule has 2 aromatic rings. The molecule has 0 fully saturated rings. The van der Waals surface area contributed by atoms with Crippen LogP contribution in [-0.4, -0.2) is 33.0 Å². The van der Waals surface area contributed by atoms with E-state index in [4.69, 9.17) is 0 Å². The van der Waals surface area contributed by atoms with Crippen LogP contribution >= 0.6 is 11.3 Å². The molecule has 8 nitrogen and oxygen atoms in total. The minimum Gasteiger partial charge on any atom is -0.350 e. The minimum atomic E-state index is -0.418. The SMILES string of the molecule is Cc1nc(Nc2ncnc(N(CC(C)C)CC(C)C)c2[N+](=O)[O-])sc1C. The van der Waals surface area contributed by atoms with Crippen molar-refractivity contribution in [1.82, 2.24) is 15.0 Å². The lowest BCUT2D eigenvalue weighted by atomic mass is 10.1. The van der Waals surface area contributed by atoms with E-state index in [1.165, 1.54) is 17.7 Å². The number of aromatic nitrogens is 3. The maximum absolute atomic E-state index is 11.8. The van der Waals surface area contributed by atoms with Gasteiger partial charge in [0.1, 0.15) is 6.33 Å². The Morgan fingerprint density at radius 2 is 1.81 bits per heavy atom. The summed E-state index contributed by atoms with van der Waals surface area (Å²) in [7, 11) is 0. The molecule has 0 atom stereocenters. The van der Waals surface area contributed by atoms with Crippen LogP contribution < -0.4 is 10.2 Å². The van der Waals surface area contributed by atoms with Crippen LogP contribution in [0.1, 0.15) is 38.3 Å². The second-order valence-corrected chi connectivity index (χ2v) is 8.33. The molecule has 0 unspecified atom stereocenters. The first-order chi connectivity index (χ1) is 12.2. The van der Waals surface area contributed by atoms with Crippen molar-refractivity contribution in [2.75, 3.05) is 23.3 Å². The number of rotatable bonds is 8. The van der Waals surface area contributed by atoms with Crippen molar-refractivity contribution in [2.45, 2.75) is 41.5 Å². The van der Waals surface area contributed by atoms with Crippen LogP contribution in [0, 0.1) is 35.8 Å². The van der Waals surface area contributed by atoms with Crippen molar-refractivity contribution in [3.8, 4) is 0 Å². The van der Waals surface area contributed by atoms with Crippen molar-refractivity contribution in [3.63, 3.8) is 0 Å². The minimum absolute atomic E-state index is 0.112. The summed E-state index contributed by atoms with van der Waals surface area (Å²) >= 11 is 1.45. The molecule has 2 heterocycles. The van der Waals surface area contributed by atoms with Crippen LogP contribution in [0.15, 0.2) is 6.33 Å². The van der Waals surface area contributed by atoms with Gasteiger partial charge in [-0.25, -0.2) is 15.0 Å². The van der Waals surface area contributed by atoms with E-state index in [1.54, 1.807) is 0 Å². The molecule has 0 amide bonds. The lowest BCUT2D eigenvalue weighted by Crippen LogP contribution is -2.32. The Labute approximate surface area is 157 Å². The molecule has 26 heavy (non-hydrogen) atoms. The number of nitrogens with zero attached hydrogens (tertiary/aromatic N) is 5. The molecule has 0 aromatic carbocycles. The fraction of sp³-hybridized carbons (Fsp3) is 0.588. The summed E-state index contributed by atoms with van der Waals surface area (Å²) in [4.78, 5) is 27.2. The summed E-state index contributed by atoms with van der Waals surface area (Å²) in [5.41, 5.74) is 0.787. The number of thiazole rings is 1. The quantitative estimate of drug-likeness (QED) is 0.539. The Morgan fingerprint density at radius 1 is 1.19 bits per heavy atom. The number of nitrogens with one attached hydrogen (secondary N) is 1. The van der Waals surface area contributed by atoms with E-state index in [0.717, 1.165) is 10.6 Å². The van der Waals surface area contributed by atoms with Crippen LogP contribution in [-0.2, 0) is 0 Å². The molecule has 0 saturated carbocycles. The average Bonchev–Trinajstić information content (AvgIpc) is 2.83. The van der Waals surface area contributed by atoms with Gasteiger partial charge in [-0.2, -0.15) is 0 Å². The zero-order valence-electron chi connectivity index (χ0n) is 16.1. The lowest BCUT2D eigenvalue weighted by Gasteiger charge is -2.27. The summed E-state index contributed by atoms with van der Waals surface area (Å²) in [5, 5.41) is 15.4. The van der Waals surface area contributed by atoms with Gasteiger partial charge in [-0.05, 0) is 25.7 Å². The van der Waals surface area contributed by atoms with Crippen LogP contribution in [0.5, 0.6) is 0 Å². The molecule has 0 aliphatic rings. The molecule has 0 spiro atoms. The molecule has 0 bridgehead atoms. The normalized spacial score (nSPS) is 11.2. The monoisotopic (exact) mass is 378 g/mol. The highest BCUT2D eigenvalue weighted by molar-refractivity contribution is 7.15. The van der Waals surface area contributed by atoms with Gasteiger partial charge in [-0.1, -0.05) is 27.7 Å². The second-order valence-electron chi connectivity index (χ2n) is 7.13. The smallest absolute Gasteiger partial charge is 0.350 e. The van der Waals surface area contributed by atoms with Crippen molar-refractivity contribution in [1.29, 1.82) is 0 Å². The van der Waals surface area contributed by atoms with E-state index < -0.39 is 4.92 Å². The van der Waals surface area contributed by atoms with Crippen molar-refractivity contribution in [3.05, 3.63) is 27.0 Å². The van der Waals surface area contributed by atoms with E-state index in [0.29, 0.717) is 35.9 Å². The van der Waals surface area contributed by atoms with Gasteiger partial charge < -0.3 is 10.2 Å². The Balaban J connectivity index is 2.47. The summed E-state index contributed by atoms with van der Waals surface area (Å²) in [6.45, 7) is 13.6. The van der Waals surface area contributed by atoms with Gasteiger partial charge in [-0.15, -0.1) is 11.3 Å². The summed E-state index contributed by atoms with van der Waals surface area (Å²) in [5.74, 6) is 1.22. The zero-order chi connectivity index (χ0) is 19.4. The number of hydrogen-bond acceptors (Lipinski definition) is 8. The maximum atomic E-state index is 11.8. The first kappa shape index (κ1) is 20.0. The van der Waals surface area contributed by atoms with Gasteiger partial charge in [0.15, 0.2) is 5.13 Å². The van der Waals surface area contributed by atoms with Crippen LogP contribution in [0.2, 0.25) is 0 Å². The predicted octanol–water partition coefficient (Wildman–Crippen LogP) is 4.32. The highest BCUT2D eigenvalue weighted by atomic mass is 32.1. The third kappa shape index (κ3) is 4.87. The topological polar surface area (TPSA) is 97.1 Å². The highest BCUT2D eigenvalue weighted by Gasteiger charge is 2.28. The molecule has 142 valence electrons. The standard InChI is InChI=1S/C17H26N6O2S/c1-10(2)7-22(8-11(3)4)16-14(23(24)25)15(18-9-19-16)21-17-20-12(5)13(6)26-17/h9-11H,7-8H2,1-6H3,(H,18,19,20,21). The third-order valence-electron chi connectivity index (χ3n) is 3.71. The third-order valence-corrected chi connectivity index (χ3v) is 4.70. The molecule has 0 aliphatic heterocycles. The molecule has 0 saturated heterocycles. The van der Waals surface area contributed by atoms with E-state index in [9.17, 15) is 10.1 Å². The number of hydrogen-bond donors (Lipinski definition) is 1. The molecular weight excluding hydrogens is 352 g/mol. The van der Waals surface area contributed by atoms with Gasteiger partial charge in [0.25, 0.3) is 0 Å². The van der Waals surface area contributed by atoms with Crippen LogP contribution in [0.3, 0.4) is 0 Å². The fourth-order valence-electron chi connectivity index (χ4n) is 2.62. The van der Waals surface area contributed by atoms with Crippen molar-refractivity contribution < 1.29 is 4.92 Å². The van der Waals surface area contributed by atoms with Crippen molar-refractivity contribution >= 4 is 33.8 Å². The largest absolute Gasteiger partial charge is 0.353 e. The number of nitro groups is 1. The Kier molecular flexibility index (Phi) is 6.47. The molecular formula is C17H26N6O2S. The van der Waals surface area contributed by atoms with Crippen molar-refractivity contribution in [2.24, 2.45) is 11.8 Å². The lowest BCUT2D eigenvalue weighted by molar-refractivity contribution is -0.383. The Hall–Kier alpha value is -2.29.